The van der Waals surface area contributed by atoms with E-state index in [1.807, 2.05) is 49.4 Å². The van der Waals surface area contributed by atoms with Gasteiger partial charge in [0, 0.05) is 24.0 Å². The predicted octanol–water partition coefficient (Wildman–Crippen LogP) is 5.60. The van der Waals surface area contributed by atoms with E-state index in [1.54, 1.807) is 24.4 Å². The number of benzene rings is 3. The number of carbonyl (C=O) groups is 2. The van der Waals surface area contributed by atoms with Gasteiger partial charge in [-0.05, 0) is 79.9 Å². The fraction of sp³-hybridized carbons (Fsp3) is 0.300. The van der Waals surface area contributed by atoms with E-state index >= 15 is 0 Å². The second-order valence-electron chi connectivity index (χ2n) is 9.66. The van der Waals surface area contributed by atoms with E-state index in [0.717, 1.165) is 29.0 Å². The molecule has 2 unspecified atom stereocenters. The van der Waals surface area contributed by atoms with Gasteiger partial charge in [-0.15, -0.1) is 0 Å². The number of nitrogens with one attached hydrogen (secondary N) is 2. The van der Waals surface area contributed by atoms with E-state index in [9.17, 15) is 9.59 Å². The number of fused-ring (bicyclic) bond motifs is 1. The number of hydrogen-bond donors (Lipinski definition) is 2. The topological polar surface area (TPSA) is 73.8 Å². The van der Waals surface area contributed by atoms with Gasteiger partial charge in [0.25, 0.3) is 5.91 Å². The number of piperidine rings is 1. The van der Waals surface area contributed by atoms with Crippen molar-refractivity contribution in [2.75, 3.05) is 18.4 Å². The molecule has 0 bridgehead atoms. The van der Waals surface area contributed by atoms with E-state index in [-0.39, 0.29) is 17.9 Å². The highest BCUT2D eigenvalue weighted by molar-refractivity contribution is 6.13. The first-order valence-electron chi connectivity index (χ1n) is 12.7. The third-order valence-corrected chi connectivity index (χ3v) is 7.00. The minimum atomic E-state index is -0.535. The van der Waals surface area contributed by atoms with Gasteiger partial charge >= 0.3 is 0 Å². The molecule has 6 heteroatoms. The van der Waals surface area contributed by atoms with Gasteiger partial charge in [-0.1, -0.05) is 48.9 Å². The van der Waals surface area contributed by atoms with Crippen molar-refractivity contribution in [2.24, 2.45) is 4.99 Å². The van der Waals surface area contributed by atoms with Crippen LogP contribution in [0.5, 0.6) is 0 Å². The molecule has 0 aliphatic carbocycles. The lowest BCUT2D eigenvalue weighted by Crippen LogP contribution is -2.28. The second-order valence-corrected chi connectivity index (χ2v) is 9.66. The van der Waals surface area contributed by atoms with E-state index < -0.39 is 5.92 Å². The number of nitrogens with zero attached hydrogens (tertiary/aromatic N) is 2. The maximum Gasteiger partial charge on any atom is 0.251 e. The molecule has 2 atom stereocenters. The number of amides is 2. The van der Waals surface area contributed by atoms with Crippen molar-refractivity contribution < 1.29 is 9.59 Å². The van der Waals surface area contributed by atoms with Gasteiger partial charge in [0.05, 0.1) is 11.7 Å². The number of aliphatic imine (C=N–C) groups is 1. The number of rotatable bonds is 7. The zero-order valence-corrected chi connectivity index (χ0v) is 20.6. The number of hydrogen-bond acceptors (Lipinski definition) is 4. The molecule has 2 aliphatic heterocycles. The Morgan fingerprint density at radius 1 is 1.06 bits per heavy atom. The summed E-state index contributed by atoms with van der Waals surface area (Å²) in [5.41, 5.74) is 5.14. The van der Waals surface area contributed by atoms with E-state index in [4.69, 9.17) is 0 Å². The Labute approximate surface area is 212 Å². The van der Waals surface area contributed by atoms with Crippen LogP contribution in [0, 0.1) is 0 Å². The average molecular weight is 481 g/mol. The normalized spacial score (nSPS) is 18.6. The van der Waals surface area contributed by atoms with Crippen LogP contribution in [0.3, 0.4) is 0 Å². The molecule has 36 heavy (non-hydrogen) atoms. The molecule has 3 aromatic carbocycles. The molecule has 184 valence electrons. The zero-order chi connectivity index (χ0) is 24.9. The van der Waals surface area contributed by atoms with E-state index in [1.165, 1.54) is 37.9 Å². The van der Waals surface area contributed by atoms with E-state index in [0.29, 0.717) is 5.56 Å². The lowest BCUT2D eigenvalue weighted by molar-refractivity contribution is -0.115. The summed E-state index contributed by atoms with van der Waals surface area (Å²) in [6, 6.07) is 23.3. The molecule has 5 rings (SSSR count). The lowest BCUT2D eigenvalue weighted by Gasteiger charge is -2.26. The zero-order valence-electron chi connectivity index (χ0n) is 20.6. The molecular weight excluding hydrogens is 448 g/mol. The SMILES string of the molecule is CC(NC(=O)c1ccc2c(c1)C(C=Nc1ccc(CN3CCCCC3)cc1)C(=O)N2)c1ccccc1. The molecule has 2 heterocycles. The summed E-state index contributed by atoms with van der Waals surface area (Å²) < 4.78 is 0. The number of carbonyl (C=O) groups excluding carboxylic acids is 2. The molecule has 2 aliphatic rings. The highest BCUT2D eigenvalue weighted by Gasteiger charge is 2.30. The van der Waals surface area contributed by atoms with Gasteiger partial charge in [-0.25, -0.2) is 0 Å². The third kappa shape index (κ3) is 5.55. The molecule has 0 spiro atoms. The predicted molar refractivity (Wildman–Crippen MR) is 144 cm³/mol. The lowest BCUT2D eigenvalue weighted by atomic mass is 9.99. The van der Waals surface area contributed by atoms with Crippen molar-refractivity contribution in [2.45, 2.75) is 44.7 Å². The summed E-state index contributed by atoms with van der Waals surface area (Å²) in [7, 11) is 0. The Kier molecular flexibility index (Phi) is 7.23. The van der Waals surface area contributed by atoms with Crippen molar-refractivity contribution in [3.8, 4) is 0 Å². The van der Waals surface area contributed by atoms with Gasteiger partial charge in [-0.3, -0.25) is 19.5 Å². The number of likely N-dealkylation sites (tertiary alicyclic amines) is 1. The van der Waals surface area contributed by atoms with Crippen LogP contribution in [0.2, 0.25) is 0 Å². The van der Waals surface area contributed by atoms with E-state index in [2.05, 4.69) is 32.7 Å². The van der Waals surface area contributed by atoms with Crippen LogP contribution in [0.25, 0.3) is 0 Å². The Balaban J connectivity index is 1.26. The maximum atomic E-state index is 12.9. The van der Waals surface area contributed by atoms with Crippen molar-refractivity contribution in [3.63, 3.8) is 0 Å². The Bertz CT molecular complexity index is 1250. The first kappa shape index (κ1) is 23.9. The summed E-state index contributed by atoms with van der Waals surface area (Å²) in [4.78, 5) is 32.7. The fourth-order valence-electron chi connectivity index (χ4n) is 4.90. The monoisotopic (exact) mass is 480 g/mol. The van der Waals surface area contributed by atoms with Gasteiger partial charge < -0.3 is 10.6 Å². The molecule has 2 amide bonds. The van der Waals surface area contributed by atoms with Gasteiger partial charge in [0.15, 0.2) is 0 Å². The summed E-state index contributed by atoms with van der Waals surface area (Å²) in [5.74, 6) is -0.841. The molecule has 0 radical (unpaired) electrons. The fourth-order valence-corrected chi connectivity index (χ4v) is 4.90. The largest absolute Gasteiger partial charge is 0.346 e. The first-order valence-corrected chi connectivity index (χ1v) is 12.7. The molecule has 0 aromatic heterocycles. The third-order valence-electron chi connectivity index (χ3n) is 7.00. The van der Waals surface area contributed by atoms with Gasteiger partial charge in [0.1, 0.15) is 5.92 Å². The quantitative estimate of drug-likeness (QED) is 0.432. The summed E-state index contributed by atoms with van der Waals surface area (Å²) in [6.07, 6.45) is 5.57. The van der Waals surface area contributed by atoms with Crippen molar-refractivity contribution in [1.29, 1.82) is 0 Å². The highest BCUT2D eigenvalue weighted by atomic mass is 16.2. The Morgan fingerprint density at radius 2 is 1.81 bits per heavy atom. The van der Waals surface area contributed by atoms with Crippen LogP contribution in [0.15, 0.2) is 77.8 Å². The van der Waals surface area contributed by atoms with Crippen molar-refractivity contribution in [3.05, 3.63) is 95.1 Å². The molecule has 2 N–H and O–H groups in total. The highest BCUT2D eigenvalue weighted by Crippen LogP contribution is 2.33. The van der Waals surface area contributed by atoms with Gasteiger partial charge in [-0.2, -0.15) is 0 Å². The molecule has 1 fully saturated rings. The Hall–Kier alpha value is -3.77. The summed E-state index contributed by atoms with van der Waals surface area (Å²) in [5, 5.41) is 5.94. The molecule has 6 nitrogen and oxygen atoms in total. The average Bonchev–Trinajstić information content (AvgIpc) is 3.23. The van der Waals surface area contributed by atoms with Gasteiger partial charge in [0.2, 0.25) is 5.91 Å². The van der Waals surface area contributed by atoms with Crippen molar-refractivity contribution >= 4 is 29.4 Å². The van der Waals surface area contributed by atoms with Crippen LogP contribution in [-0.4, -0.2) is 36.0 Å². The summed E-state index contributed by atoms with van der Waals surface area (Å²) in [6.45, 7) is 5.26. The molecule has 0 saturated carbocycles. The molecule has 3 aromatic rings. The van der Waals surface area contributed by atoms with Crippen LogP contribution >= 0.6 is 0 Å². The standard InChI is InChI=1S/C30H32N4O2/c1-21(23-8-4-2-5-9-23)32-29(35)24-12-15-28-26(18-24)27(30(36)33-28)19-31-25-13-10-22(11-14-25)20-34-16-6-3-7-17-34/h2,4-5,8-15,18-19,21,27H,3,6-7,16-17,20H2,1H3,(H,32,35)(H,33,36). The van der Waals surface area contributed by atoms with Crippen LogP contribution in [-0.2, 0) is 11.3 Å². The first-order chi connectivity index (χ1) is 17.6. The Morgan fingerprint density at radius 3 is 2.56 bits per heavy atom. The second kappa shape index (κ2) is 10.9. The van der Waals surface area contributed by atoms with Crippen molar-refractivity contribution in [1.82, 2.24) is 10.2 Å². The molecular formula is C30H32N4O2. The van der Waals surface area contributed by atoms with Crippen LogP contribution in [0.4, 0.5) is 11.4 Å². The minimum Gasteiger partial charge on any atom is -0.346 e. The molecule has 1 saturated heterocycles. The minimum absolute atomic E-state index is 0.123. The smallest absolute Gasteiger partial charge is 0.251 e. The maximum absolute atomic E-state index is 12.9. The number of anilines is 1. The van der Waals surface area contributed by atoms with Crippen LogP contribution in [0.1, 0.15) is 65.2 Å². The summed E-state index contributed by atoms with van der Waals surface area (Å²) >= 11 is 0. The van der Waals surface area contributed by atoms with Crippen LogP contribution < -0.4 is 10.6 Å².